The van der Waals surface area contributed by atoms with E-state index in [0.717, 1.165) is 10.3 Å². The number of rotatable bonds is 6. The lowest BCUT2D eigenvalue weighted by molar-refractivity contribution is -0.151. The number of hydrogen-bond acceptors (Lipinski definition) is 7. The summed E-state index contributed by atoms with van der Waals surface area (Å²) in [7, 11) is 0. The Hall–Kier alpha value is -3.77. The molecule has 40 heavy (non-hydrogen) atoms. The molecule has 1 unspecified atom stereocenters. The Morgan fingerprint density at radius 2 is 1.90 bits per heavy atom. The van der Waals surface area contributed by atoms with Crippen LogP contribution in [0.15, 0.2) is 42.5 Å². The molecule has 0 spiro atoms. The van der Waals surface area contributed by atoms with Gasteiger partial charge in [0.1, 0.15) is 35.4 Å². The molecule has 6 rings (SSSR count). The molecule has 7 nitrogen and oxygen atoms in total. The minimum absolute atomic E-state index is 0.00464. The van der Waals surface area contributed by atoms with Crippen molar-refractivity contribution in [3.05, 3.63) is 70.7 Å². The first kappa shape index (κ1) is 26.5. The van der Waals surface area contributed by atoms with Crippen molar-refractivity contribution in [1.82, 2.24) is 15.3 Å². The molecular formula is C28H24F4N4O3S. The number of aromatic nitrogens is 2. The first-order chi connectivity index (χ1) is 18.9. The maximum atomic E-state index is 13.9. The number of fused-ring (bicyclic) bond motifs is 2. The molecule has 0 bridgehead atoms. The van der Waals surface area contributed by atoms with Gasteiger partial charge in [-0.3, -0.25) is 4.79 Å². The quantitative estimate of drug-likeness (QED) is 0.265. The van der Waals surface area contributed by atoms with E-state index in [1.807, 2.05) is 6.92 Å². The number of pyridine rings is 1. The zero-order valence-electron chi connectivity index (χ0n) is 21.2. The molecule has 2 atom stereocenters. The van der Waals surface area contributed by atoms with Crippen LogP contribution in [0.3, 0.4) is 0 Å². The van der Waals surface area contributed by atoms with Gasteiger partial charge in [0.05, 0.1) is 22.5 Å². The van der Waals surface area contributed by atoms with Gasteiger partial charge in [-0.25, -0.2) is 14.4 Å². The smallest absolute Gasteiger partial charge is 0.399 e. The second-order valence-electron chi connectivity index (χ2n) is 10.3. The summed E-state index contributed by atoms with van der Waals surface area (Å²) in [5.74, 6) is -3.27. The van der Waals surface area contributed by atoms with Crippen LogP contribution < -0.4 is 15.8 Å². The molecule has 3 heterocycles. The van der Waals surface area contributed by atoms with E-state index in [-0.39, 0.29) is 35.2 Å². The second kappa shape index (κ2) is 9.41. The number of nitrogens with zero attached hydrogens (tertiary/aromatic N) is 2. The van der Waals surface area contributed by atoms with Gasteiger partial charge in [-0.1, -0.05) is 11.3 Å². The second-order valence-corrected chi connectivity index (χ2v) is 11.3. The number of thiazole rings is 1. The van der Waals surface area contributed by atoms with Crippen LogP contribution in [-0.4, -0.2) is 40.3 Å². The predicted molar refractivity (Wildman–Crippen MR) is 142 cm³/mol. The largest absolute Gasteiger partial charge is 0.490 e. The summed E-state index contributed by atoms with van der Waals surface area (Å²) in [4.78, 5) is 22.0. The summed E-state index contributed by atoms with van der Waals surface area (Å²) in [5.41, 5.74) is 6.14. The molecule has 12 heteroatoms. The number of aryl methyl sites for hydroxylation is 1. The van der Waals surface area contributed by atoms with Crippen molar-refractivity contribution >= 4 is 32.6 Å². The molecule has 4 N–H and O–H groups in total. The number of nitrogen functional groups attached to an aromatic ring is 1. The average molecular weight is 573 g/mol. The molecular weight excluding hydrogens is 548 g/mol. The molecule has 2 aliphatic rings. The van der Waals surface area contributed by atoms with Gasteiger partial charge in [0.15, 0.2) is 5.13 Å². The van der Waals surface area contributed by atoms with Crippen molar-refractivity contribution in [1.29, 1.82) is 0 Å². The summed E-state index contributed by atoms with van der Waals surface area (Å²) in [6.45, 7) is 0.911. The molecule has 0 radical (unpaired) electrons. The number of anilines is 1. The fourth-order valence-electron chi connectivity index (χ4n) is 5.18. The molecule has 1 amide bonds. The van der Waals surface area contributed by atoms with Gasteiger partial charge in [-0.15, -0.1) is 0 Å². The first-order valence-corrected chi connectivity index (χ1v) is 13.4. The Balaban J connectivity index is 1.38. The summed E-state index contributed by atoms with van der Waals surface area (Å²) in [6.07, 6.45) is -3.37. The molecule has 1 aliphatic carbocycles. The molecule has 1 saturated carbocycles. The van der Waals surface area contributed by atoms with Gasteiger partial charge in [-0.05, 0) is 73.7 Å². The van der Waals surface area contributed by atoms with Crippen molar-refractivity contribution in [2.45, 2.75) is 37.5 Å². The van der Waals surface area contributed by atoms with E-state index in [1.165, 1.54) is 41.7 Å². The standard InChI is InChI=1S/C28H24F4N4O3S/c1-13-8-15(9-20-22(13)36-26(33)40-20)25(37)34-12-27(38,16-4-5-16)21-10-18-19(28(30,31)32)11-39-24(18)23(35-21)14-2-6-17(29)7-3-14/h2-3,6-10,16,19,38H,4-5,11-12H2,1H3,(H2,33,36)(H,34,37)/t19-,27?/m1/s1. The Labute approximate surface area is 230 Å². The molecule has 1 fully saturated rings. The zero-order valence-corrected chi connectivity index (χ0v) is 22.0. The summed E-state index contributed by atoms with van der Waals surface area (Å²) in [6, 6.07) is 9.70. The van der Waals surface area contributed by atoms with Crippen LogP contribution in [0, 0.1) is 18.7 Å². The van der Waals surface area contributed by atoms with Gasteiger partial charge < -0.3 is 20.9 Å². The molecule has 2 aromatic carbocycles. The fourth-order valence-corrected chi connectivity index (χ4v) is 6.03. The molecule has 0 saturated heterocycles. The number of halogens is 4. The van der Waals surface area contributed by atoms with Crippen molar-refractivity contribution < 1.29 is 32.2 Å². The monoisotopic (exact) mass is 572 g/mol. The van der Waals surface area contributed by atoms with Crippen molar-refractivity contribution in [2.24, 2.45) is 5.92 Å². The summed E-state index contributed by atoms with van der Waals surface area (Å²) in [5, 5.41) is 15.0. The third-order valence-electron chi connectivity index (χ3n) is 7.46. The number of nitrogens with one attached hydrogen (secondary N) is 1. The lowest BCUT2D eigenvalue weighted by Gasteiger charge is -2.29. The number of hydrogen-bond donors (Lipinski definition) is 3. The minimum Gasteiger partial charge on any atom is -0.490 e. The number of nitrogens with two attached hydrogens (primary N) is 1. The number of benzene rings is 2. The summed E-state index contributed by atoms with van der Waals surface area (Å²) < 4.78 is 61.6. The van der Waals surface area contributed by atoms with E-state index in [1.54, 1.807) is 12.1 Å². The van der Waals surface area contributed by atoms with E-state index < -0.39 is 36.0 Å². The van der Waals surface area contributed by atoms with Crippen LogP contribution in [0.25, 0.3) is 21.5 Å². The number of carbonyl (C=O) groups is 1. The van der Waals surface area contributed by atoms with Gasteiger partial charge >= 0.3 is 6.18 Å². The number of amides is 1. The highest BCUT2D eigenvalue weighted by Crippen LogP contribution is 2.51. The van der Waals surface area contributed by atoms with Crippen LogP contribution in [-0.2, 0) is 5.60 Å². The van der Waals surface area contributed by atoms with Gasteiger partial charge in [0.25, 0.3) is 5.91 Å². The lowest BCUT2D eigenvalue weighted by Crippen LogP contribution is -2.43. The maximum Gasteiger partial charge on any atom is 0.399 e. The van der Waals surface area contributed by atoms with E-state index in [9.17, 15) is 27.5 Å². The van der Waals surface area contributed by atoms with Gasteiger partial charge in [0.2, 0.25) is 0 Å². The third kappa shape index (κ3) is 4.64. The molecule has 2 aromatic heterocycles. The van der Waals surface area contributed by atoms with E-state index >= 15 is 0 Å². The highest BCUT2D eigenvalue weighted by molar-refractivity contribution is 7.22. The zero-order chi connectivity index (χ0) is 28.4. The van der Waals surface area contributed by atoms with Crippen LogP contribution >= 0.6 is 11.3 Å². The number of alkyl halides is 3. The predicted octanol–water partition coefficient (Wildman–Crippen LogP) is 5.45. The highest BCUT2D eigenvalue weighted by atomic mass is 32.1. The Morgan fingerprint density at radius 1 is 1.18 bits per heavy atom. The van der Waals surface area contributed by atoms with Crippen LogP contribution in [0.4, 0.5) is 22.7 Å². The first-order valence-electron chi connectivity index (χ1n) is 12.6. The van der Waals surface area contributed by atoms with E-state index in [2.05, 4.69) is 15.3 Å². The molecule has 208 valence electrons. The highest BCUT2D eigenvalue weighted by Gasteiger charge is 2.51. The SMILES string of the molecule is Cc1cc(C(=O)NCC(O)(c2cc3c(c(-c4ccc(F)cc4)n2)OC[C@H]3C(F)(F)F)C2CC2)cc2sc(N)nc12. The van der Waals surface area contributed by atoms with E-state index in [0.29, 0.717) is 34.6 Å². The van der Waals surface area contributed by atoms with Gasteiger partial charge in [0, 0.05) is 16.7 Å². The number of carbonyl (C=O) groups excluding carboxylic acids is 1. The molecule has 1 aliphatic heterocycles. The summed E-state index contributed by atoms with van der Waals surface area (Å²) >= 11 is 1.25. The number of aliphatic hydroxyl groups is 1. The van der Waals surface area contributed by atoms with Crippen molar-refractivity contribution in [3.8, 4) is 17.0 Å². The lowest BCUT2D eigenvalue weighted by atomic mass is 9.88. The number of ether oxygens (including phenoxy) is 1. The maximum absolute atomic E-state index is 13.9. The van der Waals surface area contributed by atoms with Gasteiger partial charge in [-0.2, -0.15) is 13.2 Å². The minimum atomic E-state index is -4.59. The third-order valence-corrected chi connectivity index (χ3v) is 8.29. The Kier molecular flexibility index (Phi) is 6.22. The molecule has 4 aromatic rings. The Morgan fingerprint density at radius 3 is 2.58 bits per heavy atom. The fraction of sp³-hybridized carbons (Fsp3) is 0.321. The van der Waals surface area contributed by atoms with Crippen LogP contribution in [0.2, 0.25) is 0 Å². The van der Waals surface area contributed by atoms with Crippen molar-refractivity contribution in [3.63, 3.8) is 0 Å². The normalized spacial score (nSPS) is 18.3. The van der Waals surface area contributed by atoms with Crippen LogP contribution in [0.1, 0.15) is 45.9 Å². The van der Waals surface area contributed by atoms with Crippen molar-refractivity contribution in [2.75, 3.05) is 18.9 Å². The Bertz CT molecular complexity index is 1640. The van der Waals surface area contributed by atoms with E-state index in [4.69, 9.17) is 10.5 Å². The van der Waals surface area contributed by atoms with Crippen LogP contribution in [0.5, 0.6) is 5.75 Å². The average Bonchev–Trinajstić information content (AvgIpc) is 3.55. The topological polar surface area (TPSA) is 110 Å².